The maximum atomic E-state index is 11.4. The second-order valence-corrected chi connectivity index (χ2v) is 7.43. The third kappa shape index (κ3) is 5.27. The van der Waals surface area contributed by atoms with Crippen molar-refractivity contribution in [3.05, 3.63) is 45.3 Å². The molecule has 9 heteroatoms. The smallest absolute Gasteiger partial charge is 0.343 e. The Morgan fingerprint density at radius 2 is 2.06 bits per heavy atom. The topological polar surface area (TPSA) is 106 Å². The van der Waals surface area contributed by atoms with E-state index >= 15 is 0 Å². The number of nitrogens with zero attached hydrogens (tertiary/aromatic N) is 2. The van der Waals surface area contributed by atoms with Gasteiger partial charge in [-0.25, -0.2) is 9.78 Å². The van der Waals surface area contributed by atoms with E-state index in [4.69, 9.17) is 14.2 Å². The fourth-order valence-corrected chi connectivity index (χ4v) is 3.61. The number of nitrogens with one attached hydrogen (secondary N) is 1. The lowest BCUT2D eigenvalue weighted by Crippen LogP contribution is -2.14. The molecule has 3 aromatic rings. The Morgan fingerprint density at radius 1 is 1.26 bits per heavy atom. The maximum Gasteiger partial charge on any atom is 0.343 e. The lowest BCUT2D eigenvalue weighted by Gasteiger charge is -2.14. The molecule has 0 spiro atoms. The molecule has 0 fully saturated rings. The van der Waals surface area contributed by atoms with Crippen LogP contribution in [0.4, 0.5) is 0 Å². The predicted octanol–water partition coefficient (Wildman–Crippen LogP) is 4.19. The van der Waals surface area contributed by atoms with Gasteiger partial charge in [0.2, 0.25) is 0 Å². The highest BCUT2D eigenvalue weighted by Gasteiger charge is 2.15. The number of hydrogen-bond acceptors (Lipinski definition) is 7. The van der Waals surface area contributed by atoms with Crippen LogP contribution in [0.3, 0.4) is 0 Å². The first-order valence-corrected chi connectivity index (χ1v) is 10.4. The Balaban J connectivity index is 1.98. The summed E-state index contributed by atoms with van der Waals surface area (Å²) in [4.78, 5) is 19.1. The molecule has 1 heterocycles. The molecule has 0 aliphatic carbocycles. The van der Waals surface area contributed by atoms with Gasteiger partial charge < -0.3 is 23.9 Å². The van der Waals surface area contributed by atoms with Gasteiger partial charge >= 0.3 is 5.97 Å². The number of H-pyrrole nitrogens is 1. The van der Waals surface area contributed by atoms with Gasteiger partial charge in [0.25, 0.3) is 0 Å². The highest BCUT2D eigenvalue weighted by molar-refractivity contribution is 14.1. The van der Waals surface area contributed by atoms with Crippen LogP contribution in [0.15, 0.2) is 30.3 Å². The van der Waals surface area contributed by atoms with Crippen molar-refractivity contribution in [2.45, 2.75) is 6.92 Å². The molecule has 0 aliphatic rings. The molecule has 0 amide bonds. The summed E-state index contributed by atoms with van der Waals surface area (Å²) in [6.07, 6.45) is 1.71. The average Bonchev–Trinajstić information content (AvgIpc) is 3.19. The first-order chi connectivity index (χ1) is 15.0. The molecular formula is C22H20IN3O5. The van der Waals surface area contributed by atoms with Crippen LogP contribution in [0.25, 0.3) is 22.7 Å². The summed E-state index contributed by atoms with van der Waals surface area (Å²) in [5.74, 6) is 1.57. The minimum Gasteiger partial charge on any atom is -0.497 e. The molecule has 1 aromatic heterocycles. The van der Waals surface area contributed by atoms with Crippen LogP contribution in [-0.4, -0.2) is 43.4 Å². The van der Waals surface area contributed by atoms with Crippen LogP contribution in [0.5, 0.6) is 17.2 Å². The van der Waals surface area contributed by atoms with E-state index in [2.05, 4.69) is 43.4 Å². The van der Waals surface area contributed by atoms with Gasteiger partial charge in [0.1, 0.15) is 17.6 Å². The van der Waals surface area contributed by atoms with Crippen LogP contribution < -0.4 is 14.2 Å². The van der Waals surface area contributed by atoms with E-state index in [0.717, 1.165) is 20.2 Å². The van der Waals surface area contributed by atoms with Crippen molar-refractivity contribution in [1.82, 2.24) is 9.97 Å². The Morgan fingerprint density at radius 3 is 2.74 bits per heavy atom. The number of aromatic amines is 1. The number of methoxy groups -OCH3 is 2. The summed E-state index contributed by atoms with van der Waals surface area (Å²) >= 11 is 2.10. The highest BCUT2D eigenvalue weighted by atomic mass is 127. The number of nitriles is 1. The van der Waals surface area contributed by atoms with Crippen molar-refractivity contribution < 1.29 is 23.7 Å². The molecule has 0 saturated carbocycles. The summed E-state index contributed by atoms with van der Waals surface area (Å²) in [5.41, 5.74) is 2.59. The van der Waals surface area contributed by atoms with Gasteiger partial charge in [-0.05, 0) is 65.4 Å². The van der Waals surface area contributed by atoms with Crippen LogP contribution in [0.2, 0.25) is 0 Å². The quantitative estimate of drug-likeness (QED) is 0.263. The number of hydrogen-bond donors (Lipinski definition) is 1. The van der Waals surface area contributed by atoms with E-state index in [1.54, 1.807) is 19.3 Å². The Kier molecular flexibility index (Phi) is 7.36. The Hall–Kier alpha value is -3.26. The number of fused-ring (bicyclic) bond motifs is 1. The van der Waals surface area contributed by atoms with Gasteiger partial charge in [-0.1, -0.05) is 0 Å². The van der Waals surface area contributed by atoms with E-state index in [1.165, 1.54) is 7.11 Å². The third-order valence-electron chi connectivity index (χ3n) is 4.27. The van der Waals surface area contributed by atoms with E-state index in [1.807, 2.05) is 31.2 Å². The molecule has 0 saturated heterocycles. The largest absolute Gasteiger partial charge is 0.497 e. The predicted molar refractivity (Wildman–Crippen MR) is 124 cm³/mol. The minimum absolute atomic E-state index is 0.229. The van der Waals surface area contributed by atoms with E-state index < -0.39 is 5.97 Å². The van der Waals surface area contributed by atoms with Crippen LogP contribution in [-0.2, 0) is 9.53 Å². The summed E-state index contributed by atoms with van der Waals surface area (Å²) in [6.45, 7) is 2.03. The number of rotatable bonds is 8. The number of benzene rings is 2. The molecule has 2 aromatic carbocycles. The fourth-order valence-electron chi connectivity index (χ4n) is 2.83. The van der Waals surface area contributed by atoms with Crippen LogP contribution in [0, 0.1) is 14.9 Å². The van der Waals surface area contributed by atoms with Gasteiger partial charge in [-0.3, -0.25) is 0 Å². The lowest BCUT2D eigenvalue weighted by molar-refractivity contribution is -0.142. The Labute approximate surface area is 192 Å². The lowest BCUT2D eigenvalue weighted by atomic mass is 10.1. The maximum absolute atomic E-state index is 11.4. The van der Waals surface area contributed by atoms with Gasteiger partial charge in [0.05, 0.1) is 41.0 Å². The summed E-state index contributed by atoms with van der Waals surface area (Å²) in [7, 11) is 2.89. The minimum atomic E-state index is -0.490. The number of halogens is 1. The van der Waals surface area contributed by atoms with E-state index in [0.29, 0.717) is 35.3 Å². The number of esters is 1. The standard InChI is InChI=1S/C22H20IN3O5/c1-4-30-19-9-13(8-16(23)21(19)31-12-20(27)29-3)7-14(11-24)22-25-17-6-5-15(28-2)10-18(17)26-22/h5-10H,4,12H2,1-3H3,(H,25,26)/b14-7-. The van der Waals surface area contributed by atoms with Crippen molar-refractivity contribution in [2.75, 3.05) is 27.4 Å². The number of carbonyl (C=O) groups excluding carboxylic acids is 1. The highest BCUT2D eigenvalue weighted by Crippen LogP contribution is 2.35. The van der Waals surface area contributed by atoms with Crippen molar-refractivity contribution in [2.24, 2.45) is 0 Å². The van der Waals surface area contributed by atoms with Crippen molar-refractivity contribution >= 4 is 51.2 Å². The van der Waals surface area contributed by atoms with E-state index in [-0.39, 0.29) is 6.61 Å². The van der Waals surface area contributed by atoms with Crippen LogP contribution >= 0.6 is 22.6 Å². The number of ether oxygens (including phenoxy) is 4. The zero-order valence-corrected chi connectivity index (χ0v) is 19.3. The fraction of sp³-hybridized carbons (Fsp3) is 0.227. The molecule has 0 bridgehead atoms. The number of allylic oxidation sites excluding steroid dienone is 1. The number of carbonyl (C=O) groups is 1. The summed E-state index contributed by atoms with van der Waals surface area (Å²) in [5, 5.41) is 9.72. The van der Waals surface area contributed by atoms with Crippen molar-refractivity contribution in [3.63, 3.8) is 0 Å². The molecule has 0 unspecified atom stereocenters. The molecule has 0 atom stereocenters. The van der Waals surface area contributed by atoms with E-state index in [9.17, 15) is 10.1 Å². The molecule has 160 valence electrons. The second-order valence-electron chi connectivity index (χ2n) is 6.27. The summed E-state index contributed by atoms with van der Waals surface area (Å²) < 4.78 is 21.9. The number of aromatic nitrogens is 2. The number of imidazole rings is 1. The average molecular weight is 533 g/mol. The van der Waals surface area contributed by atoms with Gasteiger partial charge in [0, 0.05) is 6.07 Å². The SMILES string of the molecule is CCOc1cc(/C=C(/C#N)c2nc3ccc(OC)cc3[nH]2)cc(I)c1OCC(=O)OC. The molecule has 0 radical (unpaired) electrons. The van der Waals surface area contributed by atoms with Gasteiger partial charge in [-0.15, -0.1) is 0 Å². The second kappa shape index (κ2) is 10.2. The summed E-state index contributed by atoms with van der Waals surface area (Å²) in [6, 6.07) is 11.2. The molecule has 0 aliphatic heterocycles. The monoisotopic (exact) mass is 533 g/mol. The zero-order valence-electron chi connectivity index (χ0n) is 17.2. The molecule has 31 heavy (non-hydrogen) atoms. The Bertz CT molecular complexity index is 1180. The molecular weight excluding hydrogens is 513 g/mol. The van der Waals surface area contributed by atoms with Crippen molar-refractivity contribution in [1.29, 1.82) is 5.26 Å². The first kappa shape index (κ1) is 22.4. The van der Waals surface area contributed by atoms with Crippen LogP contribution in [0.1, 0.15) is 18.3 Å². The molecule has 1 N–H and O–H groups in total. The zero-order chi connectivity index (χ0) is 22.4. The molecule has 3 rings (SSSR count). The third-order valence-corrected chi connectivity index (χ3v) is 5.07. The normalized spacial score (nSPS) is 11.1. The van der Waals surface area contributed by atoms with Crippen molar-refractivity contribution in [3.8, 4) is 23.3 Å². The first-order valence-electron chi connectivity index (χ1n) is 9.31. The van der Waals surface area contributed by atoms with Gasteiger partial charge in [-0.2, -0.15) is 5.26 Å². The van der Waals surface area contributed by atoms with Gasteiger partial charge in [0.15, 0.2) is 18.1 Å². The molecule has 8 nitrogen and oxygen atoms in total.